The number of hydrogen-bond acceptors (Lipinski definition) is 4. The summed E-state index contributed by atoms with van der Waals surface area (Å²) in [4.78, 5) is 38.2. The summed E-state index contributed by atoms with van der Waals surface area (Å²) >= 11 is 0. The molecule has 1 saturated heterocycles. The van der Waals surface area contributed by atoms with E-state index in [0.29, 0.717) is 25.8 Å². The first kappa shape index (κ1) is 22.4. The lowest BCUT2D eigenvalue weighted by molar-refractivity contribution is -0.145. The quantitative estimate of drug-likeness (QED) is 0.481. The predicted octanol–water partition coefficient (Wildman–Crippen LogP) is 1.89. The minimum absolute atomic E-state index is 0.178. The Labute approximate surface area is 156 Å². The Morgan fingerprint density at radius 3 is 2.50 bits per heavy atom. The zero-order valence-corrected chi connectivity index (χ0v) is 16.4. The van der Waals surface area contributed by atoms with Gasteiger partial charge in [-0.25, -0.2) is 4.79 Å². The van der Waals surface area contributed by atoms with Gasteiger partial charge < -0.3 is 21.1 Å². The molecule has 1 aliphatic rings. The van der Waals surface area contributed by atoms with Crippen LogP contribution in [0, 0.1) is 5.92 Å². The number of likely N-dealkylation sites (tertiary alicyclic amines) is 1. The van der Waals surface area contributed by atoms with Crippen molar-refractivity contribution >= 4 is 17.8 Å². The second kappa shape index (κ2) is 11.2. The molecule has 0 spiro atoms. The molecule has 0 saturated carbocycles. The molecule has 0 aliphatic carbocycles. The summed E-state index contributed by atoms with van der Waals surface area (Å²) in [7, 11) is 0. The van der Waals surface area contributed by atoms with Gasteiger partial charge in [0.1, 0.15) is 12.1 Å². The van der Waals surface area contributed by atoms with Crippen molar-refractivity contribution in [2.24, 2.45) is 11.7 Å². The Morgan fingerprint density at radius 1 is 1.23 bits per heavy atom. The van der Waals surface area contributed by atoms with Crippen molar-refractivity contribution in [3.63, 3.8) is 0 Å². The van der Waals surface area contributed by atoms with Crippen molar-refractivity contribution in [2.45, 2.75) is 90.3 Å². The number of nitrogens with zero attached hydrogens (tertiary/aromatic N) is 1. The van der Waals surface area contributed by atoms with Crippen LogP contribution in [0.5, 0.6) is 0 Å². The zero-order chi connectivity index (χ0) is 19.7. The van der Waals surface area contributed by atoms with Gasteiger partial charge in [-0.15, -0.1) is 0 Å². The topological polar surface area (TPSA) is 113 Å². The average molecular weight is 370 g/mol. The summed E-state index contributed by atoms with van der Waals surface area (Å²) in [6.45, 7) is 6.31. The van der Waals surface area contributed by atoms with Crippen molar-refractivity contribution in [3.05, 3.63) is 0 Å². The molecule has 0 aromatic heterocycles. The van der Waals surface area contributed by atoms with Crippen LogP contribution in [0.3, 0.4) is 0 Å². The molecule has 0 bridgehead atoms. The SMILES string of the molecule is CCCCCCC(N)C(=O)N1CCCC1C(=O)NC(C(=O)O)C(C)CC. The molecule has 0 aromatic carbocycles. The third-order valence-electron chi connectivity index (χ3n) is 5.30. The van der Waals surface area contributed by atoms with Crippen molar-refractivity contribution in [1.29, 1.82) is 0 Å². The smallest absolute Gasteiger partial charge is 0.326 e. The van der Waals surface area contributed by atoms with Gasteiger partial charge in [0, 0.05) is 6.54 Å². The first-order valence-corrected chi connectivity index (χ1v) is 9.92. The van der Waals surface area contributed by atoms with E-state index >= 15 is 0 Å². The van der Waals surface area contributed by atoms with Crippen molar-refractivity contribution in [3.8, 4) is 0 Å². The Bertz CT molecular complexity index is 483. The summed E-state index contributed by atoms with van der Waals surface area (Å²) in [5.74, 6) is -1.81. The number of unbranched alkanes of at least 4 members (excludes halogenated alkanes) is 3. The van der Waals surface area contributed by atoms with Gasteiger partial charge in [0.25, 0.3) is 0 Å². The average Bonchev–Trinajstić information content (AvgIpc) is 3.11. The third-order valence-corrected chi connectivity index (χ3v) is 5.30. The van der Waals surface area contributed by atoms with Crippen LogP contribution < -0.4 is 11.1 Å². The Morgan fingerprint density at radius 2 is 1.92 bits per heavy atom. The van der Waals surface area contributed by atoms with Crippen LogP contribution in [0.1, 0.15) is 72.1 Å². The lowest BCUT2D eigenvalue weighted by atomic mass is 9.98. The van der Waals surface area contributed by atoms with Gasteiger partial charge in [0.05, 0.1) is 6.04 Å². The Hall–Kier alpha value is -1.63. The van der Waals surface area contributed by atoms with E-state index in [-0.39, 0.29) is 17.7 Å². The number of carbonyl (C=O) groups is 3. The highest BCUT2D eigenvalue weighted by molar-refractivity contribution is 5.92. The number of nitrogens with two attached hydrogens (primary N) is 1. The van der Waals surface area contributed by atoms with Crippen molar-refractivity contribution < 1.29 is 19.5 Å². The molecule has 4 N–H and O–H groups in total. The van der Waals surface area contributed by atoms with Crippen LogP contribution in [0.25, 0.3) is 0 Å². The van der Waals surface area contributed by atoms with E-state index < -0.39 is 24.1 Å². The monoisotopic (exact) mass is 369 g/mol. The summed E-state index contributed by atoms with van der Waals surface area (Å²) in [5.41, 5.74) is 6.04. The van der Waals surface area contributed by atoms with Crippen LogP contribution in [-0.4, -0.2) is 52.5 Å². The largest absolute Gasteiger partial charge is 0.480 e. The fourth-order valence-corrected chi connectivity index (χ4v) is 3.36. The van der Waals surface area contributed by atoms with Crippen LogP contribution in [0.2, 0.25) is 0 Å². The summed E-state index contributed by atoms with van der Waals surface area (Å²) in [5, 5.41) is 12.0. The molecular formula is C19H35N3O4. The van der Waals surface area contributed by atoms with Crippen LogP contribution in [-0.2, 0) is 14.4 Å². The number of carbonyl (C=O) groups excluding carboxylic acids is 2. The van der Waals surface area contributed by atoms with E-state index in [2.05, 4.69) is 12.2 Å². The van der Waals surface area contributed by atoms with Gasteiger partial charge in [-0.3, -0.25) is 9.59 Å². The van der Waals surface area contributed by atoms with Gasteiger partial charge in [0.2, 0.25) is 11.8 Å². The summed E-state index contributed by atoms with van der Waals surface area (Å²) in [6, 6.07) is -2.15. The third kappa shape index (κ3) is 6.27. The summed E-state index contributed by atoms with van der Waals surface area (Å²) in [6.07, 6.45) is 6.75. The second-order valence-electron chi connectivity index (χ2n) is 7.36. The number of amides is 2. The maximum Gasteiger partial charge on any atom is 0.326 e. The molecule has 0 radical (unpaired) electrons. The van der Waals surface area contributed by atoms with Crippen molar-refractivity contribution in [2.75, 3.05) is 6.54 Å². The minimum Gasteiger partial charge on any atom is -0.480 e. The molecule has 4 atom stereocenters. The molecule has 1 fully saturated rings. The normalized spacial score (nSPS) is 20.5. The minimum atomic E-state index is -1.05. The molecule has 7 nitrogen and oxygen atoms in total. The summed E-state index contributed by atoms with van der Waals surface area (Å²) < 4.78 is 0. The first-order chi connectivity index (χ1) is 12.3. The standard InChI is InChI=1S/C19H35N3O4/c1-4-6-7-8-10-14(20)18(24)22-12-9-11-15(22)17(23)21-16(19(25)26)13(3)5-2/h13-16H,4-12,20H2,1-3H3,(H,21,23)(H,25,26). The number of rotatable bonds is 11. The van der Waals surface area contributed by atoms with Gasteiger partial charge in [-0.05, 0) is 25.2 Å². The number of nitrogens with one attached hydrogen (secondary N) is 1. The highest BCUT2D eigenvalue weighted by atomic mass is 16.4. The molecule has 26 heavy (non-hydrogen) atoms. The van der Waals surface area contributed by atoms with E-state index in [1.54, 1.807) is 6.92 Å². The fourth-order valence-electron chi connectivity index (χ4n) is 3.36. The van der Waals surface area contributed by atoms with Gasteiger partial charge in [-0.1, -0.05) is 52.9 Å². The van der Waals surface area contributed by atoms with Crippen LogP contribution in [0.15, 0.2) is 0 Å². The number of carboxylic acid groups (broad SMARTS) is 1. The van der Waals surface area contributed by atoms with Gasteiger partial charge in [-0.2, -0.15) is 0 Å². The molecule has 1 rings (SSSR count). The van der Waals surface area contributed by atoms with E-state index in [4.69, 9.17) is 5.73 Å². The molecule has 150 valence electrons. The number of hydrogen-bond donors (Lipinski definition) is 3. The van der Waals surface area contributed by atoms with Crippen LogP contribution in [0.4, 0.5) is 0 Å². The maximum absolute atomic E-state index is 12.6. The maximum atomic E-state index is 12.6. The highest BCUT2D eigenvalue weighted by Crippen LogP contribution is 2.20. The molecule has 2 amide bonds. The first-order valence-electron chi connectivity index (χ1n) is 9.92. The fraction of sp³-hybridized carbons (Fsp3) is 0.842. The lowest BCUT2D eigenvalue weighted by Crippen LogP contribution is -2.55. The molecule has 7 heteroatoms. The van der Waals surface area contributed by atoms with E-state index in [1.807, 2.05) is 6.92 Å². The second-order valence-corrected chi connectivity index (χ2v) is 7.36. The Balaban J connectivity index is 2.66. The van der Waals surface area contributed by atoms with Crippen LogP contribution >= 0.6 is 0 Å². The molecule has 4 unspecified atom stereocenters. The van der Waals surface area contributed by atoms with E-state index in [9.17, 15) is 19.5 Å². The zero-order valence-electron chi connectivity index (χ0n) is 16.4. The molecule has 0 aromatic rings. The van der Waals surface area contributed by atoms with Gasteiger partial charge >= 0.3 is 5.97 Å². The molecular weight excluding hydrogens is 334 g/mol. The lowest BCUT2D eigenvalue weighted by Gasteiger charge is -2.29. The number of carboxylic acids is 1. The molecule has 1 aliphatic heterocycles. The van der Waals surface area contributed by atoms with E-state index in [1.165, 1.54) is 4.90 Å². The highest BCUT2D eigenvalue weighted by Gasteiger charge is 2.38. The molecule has 1 heterocycles. The Kier molecular flexibility index (Phi) is 9.62. The number of aliphatic carboxylic acids is 1. The van der Waals surface area contributed by atoms with E-state index in [0.717, 1.165) is 32.1 Å². The van der Waals surface area contributed by atoms with Gasteiger partial charge in [0.15, 0.2) is 0 Å². The predicted molar refractivity (Wildman–Crippen MR) is 100 cm³/mol. The van der Waals surface area contributed by atoms with Crippen molar-refractivity contribution in [1.82, 2.24) is 10.2 Å².